The summed E-state index contributed by atoms with van der Waals surface area (Å²) < 4.78 is 0. The molecule has 0 spiro atoms. The number of para-hydroxylation sites is 1. The number of hydrogen-bond acceptors (Lipinski definition) is 2. The molecule has 3 heteroatoms. The van der Waals surface area contributed by atoms with Gasteiger partial charge in [-0.1, -0.05) is 18.2 Å². The first-order chi connectivity index (χ1) is 7.84. The first-order valence-electron chi connectivity index (χ1n) is 5.66. The fraction of sp³-hybridized carbons (Fsp3) is 0.308. The van der Waals surface area contributed by atoms with Crippen LogP contribution in [0, 0.1) is 0 Å². The van der Waals surface area contributed by atoms with Gasteiger partial charge >= 0.3 is 0 Å². The number of fused-ring (bicyclic) bond motifs is 1. The summed E-state index contributed by atoms with van der Waals surface area (Å²) in [5.41, 5.74) is 2.37. The minimum atomic E-state index is 0.0132. The Kier molecular flexibility index (Phi) is 2.26. The average Bonchev–Trinajstić information content (AvgIpc) is 2.88. The van der Waals surface area contributed by atoms with Crippen LogP contribution in [0.2, 0.25) is 0 Å². The summed E-state index contributed by atoms with van der Waals surface area (Å²) in [7, 11) is 0. The van der Waals surface area contributed by atoms with E-state index in [0.717, 1.165) is 18.5 Å². The lowest BCUT2D eigenvalue weighted by Gasteiger charge is -2.07. The van der Waals surface area contributed by atoms with E-state index in [9.17, 15) is 4.79 Å². The third kappa shape index (κ3) is 1.53. The maximum absolute atomic E-state index is 11.6. The lowest BCUT2D eigenvalue weighted by Crippen LogP contribution is -2.29. The number of carbonyl (C=O) groups excluding carboxylic acids is 1. The number of benzene rings is 1. The standard InChI is InChI=1S/C13H14N2O/c16-13-5-6-14-12(13)7-9-8-15-11-4-2-1-3-10(9)11/h1-4,8,12,14-15H,5-7H2/t12-/m0/s1. The van der Waals surface area contributed by atoms with Crippen LogP contribution in [0.4, 0.5) is 0 Å². The fourth-order valence-electron chi connectivity index (χ4n) is 2.36. The summed E-state index contributed by atoms with van der Waals surface area (Å²) in [5.74, 6) is 0.338. The molecule has 2 aromatic rings. The minimum Gasteiger partial charge on any atom is -0.361 e. The number of rotatable bonds is 2. The predicted octanol–water partition coefficient (Wildman–Crippen LogP) is 1.64. The number of carbonyl (C=O) groups is 1. The molecule has 1 aliphatic rings. The van der Waals surface area contributed by atoms with E-state index < -0.39 is 0 Å². The van der Waals surface area contributed by atoms with Crippen molar-refractivity contribution in [2.75, 3.05) is 6.54 Å². The SMILES string of the molecule is O=C1CCN[C@H]1Cc1c[nH]c2ccccc12. The van der Waals surface area contributed by atoms with Gasteiger partial charge in [-0.2, -0.15) is 0 Å². The third-order valence-electron chi connectivity index (χ3n) is 3.25. The number of nitrogens with one attached hydrogen (secondary N) is 2. The van der Waals surface area contributed by atoms with Crippen LogP contribution in [0.15, 0.2) is 30.5 Å². The maximum Gasteiger partial charge on any atom is 0.151 e. The zero-order valence-electron chi connectivity index (χ0n) is 8.99. The van der Waals surface area contributed by atoms with Gasteiger partial charge in [-0.25, -0.2) is 0 Å². The van der Waals surface area contributed by atoms with Gasteiger partial charge in [-0.3, -0.25) is 4.79 Å². The molecule has 0 aliphatic carbocycles. The van der Waals surface area contributed by atoms with Crippen LogP contribution >= 0.6 is 0 Å². The van der Waals surface area contributed by atoms with Crippen molar-refractivity contribution in [3.05, 3.63) is 36.0 Å². The van der Waals surface area contributed by atoms with Crippen molar-refractivity contribution >= 4 is 16.7 Å². The summed E-state index contributed by atoms with van der Waals surface area (Å²) in [6, 6.07) is 8.22. The second-order valence-electron chi connectivity index (χ2n) is 4.29. The van der Waals surface area contributed by atoms with Gasteiger partial charge in [0, 0.05) is 30.1 Å². The van der Waals surface area contributed by atoms with Gasteiger partial charge in [-0.15, -0.1) is 0 Å². The molecule has 0 radical (unpaired) electrons. The van der Waals surface area contributed by atoms with Crippen molar-refractivity contribution in [3.8, 4) is 0 Å². The molecule has 1 aliphatic heterocycles. The predicted molar refractivity (Wildman–Crippen MR) is 63.4 cm³/mol. The Morgan fingerprint density at radius 3 is 3.00 bits per heavy atom. The largest absolute Gasteiger partial charge is 0.361 e. The van der Waals surface area contributed by atoms with Crippen LogP contribution in [0.3, 0.4) is 0 Å². The lowest BCUT2D eigenvalue weighted by molar-refractivity contribution is -0.118. The Bertz CT molecular complexity index is 529. The molecular formula is C13H14N2O. The molecule has 1 fully saturated rings. The van der Waals surface area contributed by atoms with Crippen molar-refractivity contribution in [2.24, 2.45) is 0 Å². The Balaban J connectivity index is 1.92. The second kappa shape index (κ2) is 3.76. The minimum absolute atomic E-state index is 0.0132. The molecule has 3 rings (SSSR count). The van der Waals surface area contributed by atoms with Crippen molar-refractivity contribution in [3.63, 3.8) is 0 Å². The fourth-order valence-corrected chi connectivity index (χ4v) is 2.36. The first kappa shape index (κ1) is 9.60. The van der Waals surface area contributed by atoms with Crippen molar-refractivity contribution in [1.82, 2.24) is 10.3 Å². The molecule has 0 bridgehead atoms. The molecule has 0 amide bonds. The molecule has 1 atom stereocenters. The van der Waals surface area contributed by atoms with Gasteiger partial charge in [0.15, 0.2) is 5.78 Å². The van der Waals surface area contributed by atoms with Crippen LogP contribution in [0.5, 0.6) is 0 Å². The summed E-state index contributed by atoms with van der Waals surface area (Å²) in [5, 5.41) is 4.47. The monoisotopic (exact) mass is 214 g/mol. The highest BCUT2D eigenvalue weighted by Crippen LogP contribution is 2.20. The Hall–Kier alpha value is -1.61. The second-order valence-corrected chi connectivity index (χ2v) is 4.29. The van der Waals surface area contributed by atoms with Crippen LogP contribution in [-0.2, 0) is 11.2 Å². The van der Waals surface area contributed by atoms with E-state index in [2.05, 4.69) is 22.4 Å². The van der Waals surface area contributed by atoms with E-state index in [1.807, 2.05) is 18.3 Å². The smallest absolute Gasteiger partial charge is 0.151 e. The molecule has 1 saturated heterocycles. The average molecular weight is 214 g/mol. The number of hydrogen-bond donors (Lipinski definition) is 2. The summed E-state index contributed by atoms with van der Waals surface area (Å²) in [4.78, 5) is 14.8. The molecule has 2 N–H and O–H groups in total. The topological polar surface area (TPSA) is 44.9 Å². The van der Waals surface area contributed by atoms with E-state index in [4.69, 9.17) is 0 Å². The summed E-state index contributed by atoms with van der Waals surface area (Å²) in [6.07, 6.45) is 3.48. The molecule has 82 valence electrons. The van der Waals surface area contributed by atoms with Gasteiger partial charge in [0.2, 0.25) is 0 Å². The van der Waals surface area contributed by atoms with E-state index in [-0.39, 0.29) is 6.04 Å². The number of aromatic amines is 1. The van der Waals surface area contributed by atoms with E-state index in [1.165, 1.54) is 10.9 Å². The molecule has 3 nitrogen and oxygen atoms in total. The highest BCUT2D eigenvalue weighted by atomic mass is 16.1. The van der Waals surface area contributed by atoms with E-state index >= 15 is 0 Å². The molecule has 0 saturated carbocycles. The highest BCUT2D eigenvalue weighted by molar-refractivity contribution is 5.88. The van der Waals surface area contributed by atoms with Crippen LogP contribution in [0.1, 0.15) is 12.0 Å². The van der Waals surface area contributed by atoms with Crippen molar-refractivity contribution < 1.29 is 4.79 Å². The van der Waals surface area contributed by atoms with Gasteiger partial charge in [0.25, 0.3) is 0 Å². The Morgan fingerprint density at radius 1 is 1.31 bits per heavy atom. The molecule has 1 aromatic heterocycles. The van der Waals surface area contributed by atoms with Gasteiger partial charge in [0.1, 0.15) is 0 Å². The first-order valence-corrected chi connectivity index (χ1v) is 5.66. The number of ketones is 1. The number of Topliss-reactive ketones (excluding diaryl/α,β-unsaturated/α-hetero) is 1. The van der Waals surface area contributed by atoms with Crippen LogP contribution < -0.4 is 5.32 Å². The van der Waals surface area contributed by atoms with E-state index in [1.54, 1.807) is 0 Å². The van der Waals surface area contributed by atoms with Gasteiger partial charge < -0.3 is 10.3 Å². The third-order valence-corrected chi connectivity index (χ3v) is 3.25. The quantitative estimate of drug-likeness (QED) is 0.798. The van der Waals surface area contributed by atoms with Crippen molar-refractivity contribution in [2.45, 2.75) is 18.9 Å². The van der Waals surface area contributed by atoms with Crippen molar-refractivity contribution in [1.29, 1.82) is 0 Å². The van der Waals surface area contributed by atoms with E-state index in [0.29, 0.717) is 12.2 Å². The zero-order chi connectivity index (χ0) is 11.0. The zero-order valence-corrected chi connectivity index (χ0v) is 8.99. The Labute approximate surface area is 93.9 Å². The number of H-pyrrole nitrogens is 1. The van der Waals surface area contributed by atoms with Crippen LogP contribution in [0.25, 0.3) is 10.9 Å². The van der Waals surface area contributed by atoms with Gasteiger partial charge in [-0.05, 0) is 18.1 Å². The molecular weight excluding hydrogens is 200 g/mol. The number of aromatic nitrogens is 1. The lowest BCUT2D eigenvalue weighted by atomic mass is 10.0. The molecule has 16 heavy (non-hydrogen) atoms. The summed E-state index contributed by atoms with van der Waals surface area (Å²) >= 11 is 0. The highest BCUT2D eigenvalue weighted by Gasteiger charge is 2.24. The molecule has 0 unspecified atom stereocenters. The molecule has 1 aromatic carbocycles. The normalized spacial score (nSPS) is 20.8. The van der Waals surface area contributed by atoms with Crippen LogP contribution in [-0.4, -0.2) is 23.4 Å². The van der Waals surface area contributed by atoms with Gasteiger partial charge in [0.05, 0.1) is 6.04 Å². The summed E-state index contributed by atoms with van der Waals surface area (Å²) in [6.45, 7) is 0.825. The molecule has 2 heterocycles. The Morgan fingerprint density at radius 2 is 2.19 bits per heavy atom. The maximum atomic E-state index is 11.6.